The third-order valence-electron chi connectivity index (χ3n) is 2.41. The number of esters is 1. The molecule has 1 aromatic carbocycles. The van der Waals surface area contributed by atoms with E-state index in [1.54, 1.807) is 0 Å². The standard InChI is InChI=1S/C12H16FNO6S/c1-19-12(16)10-3-2-9(13)8-11(10)21(17,18)14-4-6-20-7-5-15/h2-3,8,14-15H,4-7H2,1H3. The number of methoxy groups -OCH3 is 1. The summed E-state index contributed by atoms with van der Waals surface area (Å²) in [5.41, 5.74) is -0.261. The van der Waals surface area contributed by atoms with Crippen LogP contribution in [0.25, 0.3) is 0 Å². The van der Waals surface area contributed by atoms with Gasteiger partial charge in [0.2, 0.25) is 10.0 Å². The molecule has 1 aromatic rings. The highest BCUT2D eigenvalue weighted by Gasteiger charge is 2.23. The number of sulfonamides is 1. The van der Waals surface area contributed by atoms with Gasteiger partial charge in [-0.2, -0.15) is 0 Å². The van der Waals surface area contributed by atoms with Crippen LogP contribution < -0.4 is 4.72 Å². The van der Waals surface area contributed by atoms with Crippen molar-refractivity contribution < 1.29 is 32.2 Å². The lowest BCUT2D eigenvalue weighted by Crippen LogP contribution is -2.29. The average molecular weight is 321 g/mol. The Hall–Kier alpha value is -1.55. The SMILES string of the molecule is COC(=O)c1ccc(F)cc1S(=O)(=O)NCCOCCO. The highest BCUT2D eigenvalue weighted by molar-refractivity contribution is 7.89. The van der Waals surface area contributed by atoms with E-state index in [1.165, 1.54) is 0 Å². The molecule has 0 unspecified atom stereocenters. The quantitative estimate of drug-likeness (QED) is 0.512. The molecule has 9 heteroatoms. The summed E-state index contributed by atoms with van der Waals surface area (Å²) in [6.45, 7) is -0.152. The second kappa shape index (κ2) is 8.03. The van der Waals surface area contributed by atoms with Gasteiger partial charge in [-0.05, 0) is 18.2 Å². The molecule has 0 spiro atoms. The van der Waals surface area contributed by atoms with Crippen molar-refractivity contribution in [3.05, 3.63) is 29.6 Å². The van der Waals surface area contributed by atoms with Crippen LogP contribution in [0.4, 0.5) is 4.39 Å². The predicted octanol–water partition coefficient (Wildman–Crippen LogP) is -0.101. The average Bonchev–Trinajstić information content (AvgIpc) is 2.46. The molecule has 0 saturated carbocycles. The molecule has 0 aliphatic heterocycles. The number of benzene rings is 1. The minimum absolute atomic E-state index is 0.0304. The second-order valence-corrected chi connectivity index (χ2v) is 5.60. The summed E-state index contributed by atoms with van der Waals surface area (Å²) < 4.78 is 48.9. The molecule has 0 heterocycles. The van der Waals surface area contributed by atoms with Crippen molar-refractivity contribution >= 4 is 16.0 Å². The number of nitrogens with one attached hydrogen (secondary N) is 1. The van der Waals surface area contributed by atoms with Crippen molar-refractivity contribution in [3.8, 4) is 0 Å². The summed E-state index contributed by atoms with van der Waals surface area (Å²) in [5.74, 6) is -1.67. The van der Waals surface area contributed by atoms with Gasteiger partial charge in [-0.15, -0.1) is 0 Å². The molecule has 21 heavy (non-hydrogen) atoms. The molecule has 0 fully saturated rings. The van der Waals surface area contributed by atoms with Gasteiger partial charge in [0.25, 0.3) is 0 Å². The minimum atomic E-state index is -4.09. The van der Waals surface area contributed by atoms with Crippen LogP contribution in [0.2, 0.25) is 0 Å². The van der Waals surface area contributed by atoms with Gasteiger partial charge in [0, 0.05) is 6.54 Å². The van der Waals surface area contributed by atoms with E-state index in [2.05, 4.69) is 9.46 Å². The lowest BCUT2D eigenvalue weighted by atomic mass is 10.2. The number of rotatable bonds is 8. The number of aliphatic hydroxyl groups excluding tert-OH is 1. The van der Waals surface area contributed by atoms with E-state index in [0.29, 0.717) is 0 Å². The highest BCUT2D eigenvalue weighted by atomic mass is 32.2. The Kier molecular flexibility index (Phi) is 6.69. The largest absolute Gasteiger partial charge is 0.465 e. The molecule has 7 nitrogen and oxygen atoms in total. The summed E-state index contributed by atoms with van der Waals surface area (Å²) >= 11 is 0. The molecule has 2 N–H and O–H groups in total. The van der Waals surface area contributed by atoms with Crippen molar-refractivity contribution in [2.24, 2.45) is 0 Å². The Morgan fingerprint density at radius 2 is 2.10 bits per heavy atom. The molecule has 0 bridgehead atoms. The molecule has 0 atom stereocenters. The number of carbonyl (C=O) groups excluding carboxylic acids is 1. The molecular formula is C12H16FNO6S. The number of ether oxygens (including phenoxy) is 2. The van der Waals surface area contributed by atoms with E-state index < -0.39 is 26.7 Å². The van der Waals surface area contributed by atoms with Crippen molar-refractivity contribution in [2.45, 2.75) is 4.90 Å². The second-order valence-electron chi connectivity index (χ2n) is 3.87. The molecule has 0 aliphatic carbocycles. The normalized spacial score (nSPS) is 11.4. The predicted molar refractivity (Wildman–Crippen MR) is 70.8 cm³/mol. The first-order chi connectivity index (χ1) is 9.92. The third kappa shape index (κ3) is 5.05. The topological polar surface area (TPSA) is 102 Å². The van der Waals surface area contributed by atoms with Crippen molar-refractivity contribution in [3.63, 3.8) is 0 Å². The van der Waals surface area contributed by atoms with Gasteiger partial charge in [-0.3, -0.25) is 0 Å². The smallest absolute Gasteiger partial charge is 0.339 e. The number of aliphatic hydroxyl groups is 1. The molecule has 118 valence electrons. The van der Waals surface area contributed by atoms with Gasteiger partial charge in [-0.25, -0.2) is 22.3 Å². The first-order valence-corrected chi connectivity index (χ1v) is 7.47. The third-order valence-corrected chi connectivity index (χ3v) is 3.91. The van der Waals surface area contributed by atoms with E-state index >= 15 is 0 Å². The fourth-order valence-electron chi connectivity index (χ4n) is 1.49. The van der Waals surface area contributed by atoms with Crippen LogP contribution in [0.1, 0.15) is 10.4 Å². The number of hydrogen-bond donors (Lipinski definition) is 2. The van der Waals surface area contributed by atoms with Gasteiger partial charge >= 0.3 is 5.97 Å². The maximum absolute atomic E-state index is 13.2. The molecule has 0 saturated heterocycles. The monoisotopic (exact) mass is 321 g/mol. The Labute approximate surface area is 121 Å². The maximum Gasteiger partial charge on any atom is 0.339 e. The van der Waals surface area contributed by atoms with Crippen LogP contribution in [0.5, 0.6) is 0 Å². The molecule has 0 amide bonds. The Morgan fingerprint density at radius 3 is 2.71 bits per heavy atom. The van der Waals surface area contributed by atoms with Gasteiger partial charge in [-0.1, -0.05) is 0 Å². The molecule has 0 radical (unpaired) electrons. The van der Waals surface area contributed by atoms with Crippen molar-refractivity contribution in [2.75, 3.05) is 33.5 Å². The lowest BCUT2D eigenvalue weighted by Gasteiger charge is -2.10. The zero-order valence-electron chi connectivity index (χ0n) is 11.3. The molecule has 1 rings (SSSR count). The lowest BCUT2D eigenvalue weighted by molar-refractivity contribution is 0.0596. The number of halogens is 1. The van der Waals surface area contributed by atoms with Gasteiger partial charge in [0.05, 0.1) is 37.4 Å². The van der Waals surface area contributed by atoms with Crippen LogP contribution in [0.15, 0.2) is 23.1 Å². The van der Waals surface area contributed by atoms with E-state index in [-0.39, 0.29) is 31.9 Å². The fourth-order valence-corrected chi connectivity index (χ4v) is 2.71. The van der Waals surface area contributed by atoms with Crippen LogP contribution >= 0.6 is 0 Å². The summed E-state index contributed by atoms with van der Waals surface area (Å²) in [5, 5.41) is 8.50. The fraction of sp³-hybridized carbons (Fsp3) is 0.417. The maximum atomic E-state index is 13.2. The van der Waals surface area contributed by atoms with Crippen LogP contribution in [0.3, 0.4) is 0 Å². The Bertz CT molecular complexity index is 589. The van der Waals surface area contributed by atoms with E-state index in [1.807, 2.05) is 0 Å². The number of carbonyl (C=O) groups is 1. The Morgan fingerprint density at radius 1 is 1.38 bits per heavy atom. The van der Waals surface area contributed by atoms with Crippen molar-refractivity contribution in [1.29, 1.82) is 0 Å². The van der Waals surface area contributed by atoms with E-state index in [4.69, 9.17) is 9.84 Å². The van der Waals surface area contributed by atoms with Gasteiger partial charge < -0.3 is 14.6 Å². The summed E-state index contributed by atoms with van der Waals surface area (Å²) in [4.78, 5) is 11.0. The first-order valence-electron chi connectivity index (χ1n) is 5.98. The van der Waals surface area contributed by atoms with E-state index in [9.17, 15) is 17.6 Å². The Balaban J connectivity index is 2.91. The molecule has 0 aliphatic rings. The van der Waals surface area contributed by atoms with Crippen molar-refractivity contribution in [1.82, 2.24) is 4.72 Å². The van der Waals surface area contributed by atoms with Crippen LogP contribution in [-0.2, 0) is 19.5 Å². The summed E-state index contributed by atoms with van der Waals surface area (Å²) in [6, 6.07) is 2.75. The van der Waals surface area contributed by atoms with Gasteiger partial charge in [0.1, 0.15) is 5.82 Å². The molecule has 0 aromatic heterocycles. The number of hydrogen-bond acceptors (Lipinski definition) is 6. The summed E-state index contributed by atoms with van der Waals surface area (Å²) in [7, 11) is -2.99. The zero-order chi connectivity index (χ0) is 15.9. The van der Waals surface area contributed by atoms with Crippen LogP contribution in [-0.4, -0.2) is 53.0 Å². The van der Waals surface area contributed by atoms with E-state index in [0.717, 1.165) is 25.3 Å². The minimum Gasteiger partial charge on any atom is -0.465 e. The summed E-state index contributed by atoms with van der Waals surface area (Å²) in [6.07, 6.45) is 0. The van der Waals surface area contributed by atoms with Gasteiger partial charge in [0.15, 0.2) is 0 Å². The molecular weight excluding hydrogens is 305 g/mol. The van der Waals surface area contributed by atoms with Crippen LogP contribution in [0, 0.1) is 5.82 Å². The highest BCUT2D eigenvalue weighted by Crippen LogP contribution is 2.18. The zero-order valence-corrected chi connectivity index (χ0v) is 12.2. The first kappa shape index (κ1) is 17.5.